The van der Waals surface area contributed by atoms with Crippen LogP contribution in [-0.4, -0.2) is 30.2 Å². The minimum absolute atomic E-state index is 0.0452. The smallest absolute Gasteiger partial charge is 0.240 e. The summed E-state index contributed by atoms with van der Waals surface area (Å²) in [5, 5.41) is 3.05. The van der Waals surface area contributed by atoms with E-state index in [1.807, 2.05) is 6.92 Å². The molecule has 1 saturated carbocycles. The van der Waals surface area contributed by atoms with Crippen LogP contribution in [-0.2, 0) is 9.53 Å². The number of hydrogen-bond donors (Lipinski definition) is 2. The molecule has 92 valence electrons. The van der Waals surface area contributed by atoms with E-state index >= 15 is 0 Å². The molecule has 0 radical (unpaired) electrons. The zero-order chi connectivity index (χ0) is 11.8. The van der Waals surface area contributed by atoms with Gasteiger partial charge in [0.05, 0.1) is 17.7 Å². The first-order valence-corrected chi connectivity index (χ1v) is 6.26. The maximum absolute atomic E-state index is 11.9. The van der Waals surface area contributed by atoms with Crippen molar-refractivity contribution < 1.29 is 9.53 Å². The molecule has 4 heteroatoms. The number of ether oxygens (including phenoxy) is 1. The molecule has 16 heavy (non-hydrogen) atoms. The number of carbonyl (C=O) groups is 1. The fraction of sp³-hybridized carbons (Fsp3) is 0.917. The number of nitrogens with one attached hydrogen (secondary N) is 1. The van der Waals surface area contributed by atoms with E-state index in [0.717, 1.165) is 13.0 Å². The molecule has 2 rings (SSSR count). The zero-order valence-corrected chi connectivity index (χ0v) is 10.2. The van der Waals surface area contributed by atoms with Crippen LogP contribution in [0.3, 0.4) is 0 Å². The Morgan fingerprint density at radius 3 is 2.75 bits per heavy atom. The van der Waals surface area contributed by atoms with Crippen molar-refractivity contribution in [1.29, 1.82) is 0 Å². The third kappa shape index (κ3) is 2.38. The molecule has 0 spiro atoms. The molecule has 4 nitrogen and oxygen atoms in total. The first-order valence-electron chi connectivity index (χ1n) is 6.26. The van der Waals surface area contributed by atoms with Crippen LogP contribution in [0.2, 0.25) is 0 Å². The van der Waals surface area contributed by atoms with Gasteiger partial charge in [-0.3, -0.25) is 4.79 Å². The van der Waals surface area contributed by atoms with Crippen molar-refractivity contribution in [2.45, 2.75) is 57.2 Å². The maximum atomic E-state index is 11.9. The summed E-state index contributed by atoms with van der Waals surface area (Å²) in [5.74, 6) is 0.620. The minimum atomic E-state index is -0.753. The summed E-state index contributed by atoms with van der Waals surface area (Å²) in [6.45, 7) is 4.48. The Hall–Kier alpha value is -0.610. The second-order valence-electron chi connectivity index (χ2n) is 5.31. The third-order valence-electron chi connectivity index (χ3n) is 3.79. The zero-order valence-electron chi connectivity index (χ0n) is 10.2. The molecule has 1 amide bonds. The highest BCUT2D eigenvalue weighted by Gasteiger charge is 2.42. The molecule has 3 unspecified atom stereocenters. The Bertz CT molecular complexity index is 274. The van der Waals surface area contributed by atoms with Crippen molar-refractivity contribution in [2.24, 2.45) is 11.7 Å². The molecule has 1 heterocycles. The molecule has 1 aliphatic carbocycles. The van der Waals surface area contributed by atoms with Crippen LogP contribution in [0.1, 0.15) is 39.5 Å². The lowest BCUT2D eigenvalue weighted by molar-refractivity contribution is -0.127. The highest BCUT2D eigenvalue weighted by molar-refractivity contribution is 5.85. The maximum Gasteiger partial charge on any atom is 0.240 e. The highest BCUT2D eigenvalue weighted by Crippen LogP contribution is 2.38. The fourth-order valence-electron chi connectivity index (χ4n) is 2.15. The van der Waals surface area contributed by atoms with Gasteiger partial charge in [0.2, 0.25) is 5.91 Å². The van der Waals surface area contributed by atoms with E-state index in [1.165, 1.54) is 12.8 Å². The molecular formula is C12H22N2O2. The fourth-order valence-corrected chi connectivity index (χ4v) is 2.15. The summed E-state index contributed by atoms with van der Waals surface area (Å²) >= 11 is 0. The van der Waals surface area contributed by atoms with E-state index in [2.05, 4.69) is 5.32 Å². The second kappa shape index (κ2) is 4.34. The van der Waals surface area contributed by atoms with E-state index in [1.54, 1.807) is 6.92 Å². The minimum Gasteiger partial charge on any atom is -0.376 e. The lowest BCUT2D eigenvalue weighted by Crippen LogP contribution is -2.55. The first kappa shape index (κ1) is 11.9. The van der Waals surface area contributed by atoms with Gasteiger partial charge in [0.15, 0.2) is 0 Å². The van der Waals surface area contributed by atoms with E-state index in [9.17, 15) is 4.79 Å². The standard InChI is InChI=1S/C12H22N2O2/c1-3-12(2,13)11(15)14-9-6-7-16-10(9)8-4-5-8/h8-10H,3-7,13H2,1-2H3,(H,14,15). The van der Waals surface area contributed by atoms with Crippen LogP contribution in [0.15, 0.2) is 0 Å². The van der Waals surface area contributed by atoms with Crippen molar-refractivity contribution >= 4 is 5.91 Å². The topological polar surface area (TPSA) is 64.4 Å². The number of carbonyl (C=O) groups excluding carboxylic acids is 1. The van der Waals surface area contributed by atoms with Crippen LogP contribution < -0.4 is 11.1 Å². The summed E-state index contributed by atoms with van der Waals surface area (Å²) in [6, 6.07) is 0.175. The van der Waals surface area contributed by atoms with Gasteiger partial charge in [-0.25, -0.2) is 0 Å². The van der Waals surface area contributed by atoms with Gasteiger partial charge in [-0.1, -0.05) is 6.92 Å². The Labute approximate surface area is 96.9 Å². The summed E-state index contributed by atoms with van der Waals surface area (Å²) < 4.78 is 5.68. The van der Waals surface area contributed by atoms with Crippen LogP contribution in [0, 0.1) is 5.92 Å². The predicted octanol–water partition coefficient (Wildman–Crippen LogP) is 0.797. The number of hydrogen-bond acceptors (Lipinski definition) is 3. The van der Waals surface area contributed by atoms with Crippen molar-refractivity contribution in [1.82, 2.24) is 5.32 Å². The van der Waals surface area contributed by atoms with Gasteiger partial charge in [-0.05, 0) is 38.5 Å². The van der Waals surface area contributed by atoms with E-state index in [4.69, 9.17) is 10.5 Å². The van der Waals surface area contributed by atoms with Crippen molar-refractivity contribution in [2.75, 3.05) is 6.61 Å². The quantitative estimate of drug-likeness (QED) is 0.745. The molecule has 2 fully saturated rings. The molecular weight excluding hydrogens is 204 g/mol. The number of nitrogens with two attached hydrogens (primary N) is 1. The average molecular weight is 226 g/mol. The molecule has 3 atom stereocenters. The Kier molecular flexibility index (Phi) is 3.22. The second-order valence-corrected chi connectivity index (χ2v) is 5.31. The molecule has 1 aliphatic heterocycles. The summed E-state index contributed by atoms with van der Waals surface area (Å²) in [7, 11) is 0. The molecule has 3 N–H and O–H groups in total. The lowest BCUT2D eigenvalue weighted by atomic mass is 9.97. The van der Waals surface area contributed by atoms with Crippen molar-refractivity contribution in [3.05, 3.63) is 0 Å². The van der Waals surface area contributed by atoms with Gasteiger partial charge < -0.3 is 15.8 Å². The molecule has 0 aromatic rings. The van der Waals surface area contributed by atoms with Gasteiger partial charge >= 0.3 is 0 Å². The van der Waals surface area contributed by atoms with Gasteiger partial charge in [-0.2, -0.15) is 0 Å². The third-order valence-corrected chi connectivity index (χ3v) is 3.79. The van der Waals surface area contributed by atoms with Crippen LogP contribution in [0.5, 0.6) is 0 Å². The largest absolute Gasteiger partial charge is 0.376 e. The van der Waals surface area contributed by atoms with E-state index < -0.39 is 5.54 Å². The molecule has 0 aromatic carbocycles. The number of amides is 1. The van der Waals surface area contributed by atoms with Gasteiger partial charge in [0, 0.05) is 6.61 Å². The lowest BCUT2D eigenvalue weighted by Gasteiger charge is -2.26. The monoisotopic (exact) mass is 226 g/mol. The van der Waals surface area contributed by atoms with Crippen LogP contribution in [0.25, 0.3) is 0 Å². The van der Waals surface area contributed by atoms with Gasteiger partial charge in [-0.15, -0.1) is 0 Å². The summed E-state index contributed by atoms with van der Waals surface area (Å²) in [6.07, 6.45) is 4.29. The van der Waals surface area contributed by atoms with E-state index in [0.29, 0.717) is 12.3 Å². The van der Waals surface area contributed by atoms with Crippen LogP contribution in [0.4, 0.5) is 0 Å². The first-order chi connectivity index (χ1) is 7.54. The summed E-state index contributed by atoms with van der Waals surface area (Å²) in [5.41, 5.74) is 5.17. The Morgan fingerprint density at radius 2 is 2.19 bits per heavy atom. The Morgan fingerprint density at radius 1 is 1.50 bits per heavy atom. The summed E-state index contributed by atoms with van der Waals surface area (Å²) in [4.78, 5) is 11.9. The van der Waals surface area contributed by atoms with Gasteiger partial charge in [0.25, 0.3) is 0 Å². The van der Waals surface area contributed by atoms with Gasteiger partial charge in [0.1, 0.15) is 0 Å². The molecule has 0 aromatic heterocycles. The number of rotatable bonds is 4. The molecule has 1 saturated heterocycles. The predicted molar refractivity (Wildman–Crippen MR) is 61.9 cm³/mol. The van der Waals surface area contributed by atoms with Crippen LogP contribution >= 0.6 is 0 Å². The van der Waals surface area contributed by atoms with Crippen molar-refractivity contribution in [3.8, 4) is 0 Å². The Balaban J connectivity index is 1.90. The normalized spacial score (nSPS) is 33.4. The molecule has 0 bridgehead atoms. The average Bonchev–Trinajstić information content (AvgIpc) is 3.00. The highest BCUT2D eigenvalue weighted by atomic mass is 16.5. The van der Waals surface area contributed by atoms with E-state index in [-0.39, 0.29) is 18.1 Å². The van der Waals surface area contributed by atoms with Crippen molar-refractivity contribution in [3.63, 3.8) is 0 Å². The molecule has 2 aliphatic rings. The SMILES string of the molecule is CCC(C)(N)C(=O)NC1CCOC1C1CC1.